The summed E-state index contributed by atoms with van der Waals surface area (Å²) >= 11 is 1.13. The van der Waals surface area contributed by atoms with Crippen molar-refractivity contribution in [1.82, 2.24) is 4.31 Å². The number of hydrogen-bond donors (Lipinski definition) is 0. The van der Waals surface area contributed by atoms with Gasteiger partial charge >= 0.3 is 5.97 Å². The number of carbonyl (C=O) groups excluding carboxylic acids is 1. The highest BCUT2D eigenvalue weighted by atomic mass is 32.2. The molecule has 1 aliphatic rings. The molecule has 1 aromatic carbocycles. The molecular formula is C18H20N2O7S2. The van der Waals surface area contributed by atoms with Gasteiger partial charge in [-0.2, -0.15) is 4.31 Å². The zero-order chi connectivity index (χ0) is 21.0. The highest BCUT2D eigenvalue weighted by molar-refractivity contribution is 7.91. The molecule has 29 heavy (non-hydrogen) atoms. The Morgan fingerprint density at radius 1 is 1.38 bits per heavy atom. The van der Waals surface area contributed by atoms with Gasteiger partial charge < -0.3 is 9.47 Å². The number of methoxy groups -OCH3 is 1. The number of carbonyl (C=O) groups is 1. The van der Waals surface area contributed by atoms with Crippen LogP contribution in [0.4, 0.5) is 5.69 Å². The summed E-state index contributed by atoms with van der Waals surface area (Å²) in [7, 11) is -2.21. The van der Waals surface area contributed by atoms with Gasteiger partial charge in [0.05, 0.1) is 18.0 Å². The van der Waals surface area contributed by atoms with Crippen LogP contribution < -0.4 is 4.74 Å². The average molecular weight is 440 g/mol. The van der Waals surface area contributed by atoms with Crippen molar-refractivity contribution in [3.05, 3.63) is 51.4 Å². The van der Waals surface area contributed by atoms with Crippen LogP contribution in [0.2, 0.25) is 0 Å². The number of non-ortho nitro benzene ring substituents is 1. The normalized spacial score (nSPS) is 17.6. The smallest absolute Gasteiger partial charge is 0.310 e. The Kier molecular flexibility index (Phi) is 6.50. The number of nitro benzene ring substituents is 1. The van der Waals surface area contributed by atoms with Gasteiger partial charge in [0.25, 0.3) is 15.7 Å². The lowest BCUT2D eigenvalue weighted by atomic mass is 10.00. The lowest BCUT2D eigenvalue weighted by Crippen LogP contribution is -2.42. The van der Waals surface area contributed by atoms with Crippen molar-refractivity contribution in [2.24, 2.45) is 5.92 Å². The van der Waals surface area contributed by atoms with Crippen LogP contribution in [-0.4, -0.2) is 43.8 Å². The van der Waals surface area contributed by atoms with Crippen LogP contribution in [0, 0.1) is 16.0 Å². The zero-order valence-electron chi connectivity index (χ0n) is 15.6. The van der Waals surface area contributed by atoms with Gasteiger partial charge in [-0.1, -0.05) is 6.07 Å². The molecule has 0 aliphatic carbocycles. The summed E-state index contributed by atoms with van der Waals surface area (Å²) in [5.41, 5.74) is 0.233. The fourth-order valence-electron chi connectivity index (χ4n) is 3.15. The molecule has 0 amide bonds. The minimum atomic E-state index is -3.63. The van der Waals surface area contributed by atoms with E-state index in [4.69, 9.17) is 9.47 Å². The Morgan fingerprint density at radius 3 is 2.83 bits per heavy atom. The van der Waals surface area contributed by atoms with E-state index >= 15 is 0 Å². The van der Waals surface area contributed by atoms with E-state index in [1.165, 1.54) is 35.7 Å². The number of benzene rings is 1. The van der Waals surface area contributed by atoms with Gasteiger partial charge in [-0.25, -0.2) is 8.42 Å². The summed E-state index contributed by atoms with van der Waals surface area (Å²) in [6.45, 7) is 0.200. The first-order valence-corrected chi connectivity index (χ1v) is 11.2. The third kappa shape index (κ3) is 4.74. The summed E-state index contributed by atoms with van der Waals surface area (Å²) in [5.74, 6) is -0.762. The lowest BCUT2D eigenvalue weighted by molar-refractivity contribution is -0.385. The maximum Gasteiger partial charge on any atom is 0.310 e. The molecule has 0 saturated carbocycles. The Bertz CT molecular complexity index is 990. The second kappa shape index (κ2) is 8.89. The van der Waals surface area contributed by atoms with Gasteiger partial charge in [-0.05, 0) is 30.4 Å². The van der Waals surface area contributed by atoms with E-state index in [1.54, 1.807) is 11.4 Å². The van der Waals surface area contributed by atoms with Crippen LogP contribution in [0.25, 0.3) is 0 Å². The van der Waals surface area contributed by atoms with Crippen molar-refractivity contribution in [2.45, 2.75) is 23.7 Å². The number of rotatable bonds is 7. The summed E-state index contributed by atoms with van der Waals surface area (Å²) in [4.78, 5) is 23.0. The van der Waals surface area contributed by atoms with Crippen molar-refractivity contribution in [3.8, 4) is 5.75 Å². The largest absolute Gasteiger partial charge is 0.496 e. The van der Waals surface area contributed by atoms with Crippen molar-refractivity contribution in [1.29, 1.82) is 0 Å². The Labute approximate surface area is 172 Å². The summed E-state index contributed by atoms with van der Waals surface area (Å²) in [6.07, 6.45) is 1.06. The van der Waals surface area contributed by atoms with Crippen LogP contribution in [0.1, 0.15) is 18.4 Å². The molecule has 1 aliphatic heterocycles. The first kappa shape index (κ1) is 21.2. The number of esters is 1. The fourth-order valence-corrected chi connectivity index (χ4v) is 5.82. The molecular weight excluding hydrogens is 420 g/mol. The van der Waals surface area contributed by atoms with Crippen molar-refractivity contribution >= 4 is 33.0 Å². The van der Waals surface area contributed by atoms with Crippen molar-refractivity contribution in [3.63, 3.8) is 0 Å². The van der Waals surface area contributed by atoms with Gasteiger partial charge in [0.1, 0.15) is 16.6 Å². The van der Waals surface area contributed by atoms with E-state index in [1.807, 2.05) is 0 Å². The first-order chi connectivity index (χ1) is 13.8. The Morgan fingerprint density at radius 2 is 2.17 bits per heavy atom. The van der Waals surface area contributed by atoms with E-state index < -0.39 is 26.8 Å². The summed E-state index contributed by atoms with van der Waals surface area (Å²) in [6, 6.07) is 7.24. The molecule has 1 atom stereocenters. The molecule has 2 aromatic rings. The van der Waals surface area contributed by atoms with Crippen molar-refractivity contribution in [2.75, 3.05) is 20.2 Å². The number of hydrogen-bond acceptors (Lipinski definition) is 8. The van der Waals surface area contributed by atoms with E-state index in [2.05, 4.69) is 0 Å². The minimum Gasteiger partial charge on any atom is -0.496 e. The lowest BCUT2D eigenvalue weighted by Gasteiger charge is -2.30. The van der Waals surface area contributed by atoms with Crippen LogP contribution in [0.3, 0.4) is 0 Å². The van der Waals surface area contributed by atoms with E-state index in [-0.39, 0.29) is 23.0 Å². The topological polar surface area (TPSA) is 116 Å². The molecule has 3 rings (SSSR count). The molecule has 0 radical (unpaired) electrons. The number of sulfonamides is 1. The van der Waals surface area contributed by atoms with Gasteiger partial charge in [-0.15, -0.1) is 11.3 Å². The molecule has 1 unspecified atom stereocenters. The van der Waals surface area contributed by atoms with Crippen LogP contribution in [-0.2, 0) is 26.2 Å². The quantitative estimate of drug-likeness (QED) is 0.369. The molecule has 0 spiro atoms. The number of nitro groups is 1. The minimum absolute atomic E-state index is 0.0468. The standard InChI is InChI=1S/C18H20N2O7S2/c1-26-16-7-6-15(20(22)23)10-14(16)12-27-18(21)13-4-2-8-19(11-13)29(24,25)17-5-3-9-28-17/h3,5-7,9-10,13H,2,4,8,11-12H2,1H3. The predicted molar refractivity (Wildman–Crippen MR) is 105 cm³/mol. The second-order valence-corrected chi connectivity index (χ2v) is 9.61. The van der Waals surface area contributed by atoms with Crippen LogP contribution in [0.15, 0.2) is 39.9 Å². The van der Waals surface area contributed by atoms with Gasteiger partial charge in [0.15, 0.2) is 0 Å². The molecule has 11 heteroatoms. The fraction of sp³-hybridized carbons (Fsp3) is 0.389. The van der Waals surface area contributed by atoms with E-state index in [0.29, 0.717) is 30.7 Å². The summed E-state index contributed by atoms with van der Waals surface area (Å²) < 4.78 is 37.4. The highest BCUT2D eigenvalue weighted by Gasteiger charge is 2.34. The number of piperidine rings is 1. The maximum absolute atomic E-state index is 12.7. The molecule has 156 valence electrons. The third-order valence-electron chi connectivity index (χ3n) is 4.65. The molecule has 0 N–H and O–H groups in total. The molecule has 1 aromatic heterocycles. The molecule has 1 saturated heterocycles. The molecule has 9 nitrogen and oxygen atoms in total. The monoisotopic (exact) mass is 440 g/mol. The third-order valence-corrected chi connectivity index (χ3v) is 7.89. The summed E-state index contributed by atoms with van der Waals surface area (Å²) in [5, 5.41) is 12.7. The maximum atomic E-state index is 12.7. The van der Waals surface area contributed by atoms with Gasteiger partial charge in [0.2, 0.25) is 0 Å². The van der Waals surface area contributed by atoms with E-state index in [9.17, 15) is 23.3 Å². The second-order valence-electron chi connectivity index (χ2n) is 6.50. The van der Waals surface area contributed by atoms with Gasteiger partial charge in [0, 0.05) is 30.8 Å². The zero-order valence-corrected chi connectivity index (χ0v) is 17.3. The number of thiophene rings is 1. The highest BCUT2D eigenvalue weighted by Crippen LogP contribution is 2.28. The number of nitrogens with zero attached hydrogens (tertiary/aromatic N) is 2. The van der Waals surface area contributed by atoms with Crippen LogP contribution in [0.5, 0.6) is 5.75 Å². The van der Waals surface area contributed by atoms with Crippen LogP contribution >= 0.6 is 11.3 Å². The average Bonchev–Trinajstić information content (AvgIpc) is 3.27. The molecule has 1 fully saturated rings. The molecule has 0 bridgehead atoms. The predicted octanol–water partition coefficient (Wildman–Crippen LogP) is 2.81. The van der Waals surface area contributed by atoms with Gasteiger partial charge in [-0.3, -0.25) is 14.9 Å². The Hall–Kier alpha value is -2.50. The Balaban J connectivity index is 1.67. The molecule has 2 heterocycles. The van der Waals surface area contributed by atoms with E-state index in [0.717, 1.165) is 11.3 Å². The number of ether oxygens (including phenoxy) is 2. The van der Waals surface area contributed by atoms with Crippen molar-refractivity contribution < 1.29 is 27.6 Å². The SMILES string of the molecule is COc1ccc([N+](=O)[O-])cc1COC(=O)C1CCCN(S(=O)(=O)c2cccs2)C1. The first-order valence-electron chi connectivity index (χ1n) is 8.84.